The van der Waals surface area contributed by atoms with Crippen molar-refractivity contribution < 1.29 is 22.7 Å². The van der Waals surface area contributed by atoms with Crippen LogP contribution in [0.25, 0.3) is 10.9 Å². The third-order valence-corrected chi connectivity index (χ3v) is 6.14. The van der Waals surface area contributed by atoms with Crippen molar-refractivity contribution in [2.45, 2.75) is 64.0 Å². The highest BCUT2D eigenvalue weighted by Gasteiger charge is 2.25. The van der Waals surface area contributed by atoms with Gasteiger partial charge in [0.05, 0.1) is 6.61 Å². The van der Waals surface area contributed by atoms with E-state index in [-0.39, 0.29) is 12.1 Å². The largest absolute Gasteiger partial charge is 0.494 e. The van der Waals surface area contributed by atoms with Gasteiger partial charge in [0, 0.05) is 29.9 Å². The van der Waals surface area contributed by atoms with E-state index in [1.165, 1.54) is 17.6 Å². The number of rotatable bonds is 13. The number of nitrogens with zero attached hydrogens (tertiary/aromatic N) is 2. The Bertz CT molecular complexity index is 1310. The fourth-order valence-electron chi connectivity index (χ4n) is 4.15. The topological polar surface area (TPSA) is 120 Å². The molecular weight excluding hydrogens is 519 g/mol. The molecule has 0 radical (unpaired) electrons. The van der Waals surface area contributed by atoms with E-state index in [4.69, 9.17) is 16.2 Å². The molecule has 0 unspecified atom stereocenters. The van der Waals surface area contributed by atoms with Crippen molar-refractivity contribution >= 4 is 22.6 Å². The minimum Gasteiger partial charge on any atom is -0.494 e. The van der Waals surface area contributed by atoms with E-state index in [1.54, 1.807) is 0 Å². The molecule has 4 aromatic rings. The second-order valence-corrected chi connectivity index (χ2v) is 9.55. The summed E-state index contributed by atoms with van der Waals surface area (Å²) in [6.07, 6.45) is 2.82. The number of aromatic nitrogens is 3. The number of aromatic amines is 1. The van der Waals surface area contributed by atoms with Crippen molar-refractivity contribution in [2.24, 2.45) is 5.73 Å². The average Bonchev–Trinajstić information content (AvgIpc) is 3.30. The molecule has 0 spiro atoms. The lowest BCUT2D eigenvalue weighted by atomic mass is 10.1. The first kappa shape index (κ1) is 30.5. The number of hydrogen-bond donors (Lipinski definition) is 3. The Balaban J connectivity index is 0.000000364. The van der Waals surface area contributed by atoms with Crippen molar-refractivity contribution in [3.05, 3.63) is 83.9 Å². The van der Waals surface area contributed by atoms with Crippen LogP contribution in [-0.2, 0) is 6.42 Å². The molecule has 0 fully saturated rings. The van der Waals surface area contributed by atoms with Gasteiger partial charge >= 0.3 is 6.18 Å². The van der Waals surface area contributed by atoms with Crippen molar-refractivity contribution in [1.29, 1.82) is 0 Å². The number of nitrogens with one attached hydrogen (secondary N) is 1. The summed E-state index contributed by atoms with van der Waals surface area (Å²) in [6.45, 7) is 0.588. The monoisotopic (exact) mass is 555 g/mol. The Kier molecular flexibility index (Phi) is 11.8. The number of nitrogens with two attached hydrogens (primary N) is 2. The van der Waals surface area contributed by atoms with Crippen LogP contribution >= 0.6 is 0 Å². The number of ether oxygens (including phenoxy) is 1. The van der Waals surface area contributed by atoms with Gasteiger partial charge in [-0.3, -0.25) is 4.79 Å². The Morgan fingerprint density at radius 3 is 2.35 bits per heavy atom. The molecule has 0 aliphatic heterocycles. The first-order valence-electron chi connectivity index (χ1n) is 13.4. The molecule has 0 saturated heterocycles. The van der Waals surface area contributed by atoms with Gasteiger partial charge < -0.3 is 21.2 Å². The van der Waals surface area contributed by atoms with Crippen LogP contribution in [0.5, 0.6) is 5.75 Å². The van der Waals surface area contributed by atoms with Gasteiger partial charge in [0.25, 0.3) is 5.91 Å². The lowest BCUT2D eigenvalue weighted by Crippen LogP contribution is -2.14. The maximum absolute atomic E-state index is 12.1. The zero-order chi connectivity index (χ0) is 28.8. The summed E-state index contributed by atoms with van der Waals surface area (Å²) in [5, 5.41) is 1.17. The number of primary amides is 1. The van der Waals surface area contributed by atoms with E-state index in [0.29, 0.717) is 25.3 Å². The summed E-state index contributed by atoms with van der Waals surface area (Å²) >= 11 is 0. The Morgan fingerprint density at radius 1 is 0.900 bits per heavy atom. The number of alkyl halides is 3. The summed E-state index contributed by atoms with van der Waals surface area (Å²) in [6, 6.07) is 19.0. The SMILES string of the molecule is NC(=O)c1ccnc(Cc2cccc(OCCCCCCCCCC(F)(F)F)c2)n1.Nc1cc2ccccc2[nH]1. The molecule has 0 aliphatic carbocycles. The summed E-state index contributed by atoms with van der Waals surface area (Å²) in [4.78, 5) is 22.6. The van der Waals surface area contributed by atoms with Gasteiger partial charge in [-0.1, -0.05) is 62.4 Å². The Hall–Kier alpha value is -4.08. The number of hydrogen-bond acceptors (Lipinski definition) is 5. The molecule has 2 aromatic heterocycles. The minimum atomic E-state index is -4.03. The van der Waals surface area contributed by atoms with Crippen molar-refractivity contribution in [3.63, 3.8) is 0 Å². The van der Waals surface area contributed by atoms with Gasteiger partial charge in [0.2, 0.25) is 0 Å². The maximum Gasteiger partial charge on any atom is 0.389 e. The number of anilines is 1. The molecule has 0 saturated carbocycles. The van der Waals surface area contributed by atoms with Gasteiger partial charge in [-0.25, -0.2) is 9.97 Å². The number of unbranched alkanes of at least 4 members (excludes halogenated alkanes) is 6. The standard InChI is InChI=1S/C22H28F3N3O2.C8H8N2/c23-22(24,25)12-6-4-2-1-3-5-7-14-30-18-10-8-9-17(15-18)16-20-27-13-11-19(28-20)21(26)29;9-8-5-6-3-1-2-4-7(6)10-8/h8-11,13,15H,1-7,12,14,16H2,(H2,26,29);1-5,10H,9H2. The molecule has 7 nitrogen and oxygen atoms in total. The van der Waals surface area contributed by atoms with Crippen LogP contribution in [0.4, 0.5) is 19.0 Å². The predicted molar refractivity (Wildman–Crippen MR) is 151 cm³/mol. The lowest BCUT2D eigenvalue weighted by Gasteiger charge is -2.08. The molecule has 0 atom stereocenters. The van der Waals surface area contributed by atoms with E-state index in [2.05, 4.69) is 15.0 Å². The molecule has 1 amide bonds. The van der Waals surface area contributed by atoms with Crippen LogP contribution < -0.4 is 16.2 Å². The number of halogens is 3. The van der Waals surface area contributed by atoms with Gasteiger partial charge in [-0.15, -0.1) is 0 Å². The normalized spacial score (nSPS) is 11.2. The van der Waals surface area contributed by atoms with E-state index in [0.717, 1.165) is 54.8 Å². The number of H-pyrrole nitrogens is 1. The van der Waals surface area contributed by atoms with Gasteiger partial charge in [0.1, 0.15) is 23.1 Å². The van der Waals surface area contributed by atoms with Gasteiger partial charge in [-0.2, -0.15) is 13.2 Å². The fourth-order valence-corrected chi connectivity index (χ4v) is 4.15. The highest BCUT2D eigenvalue weighted by atomic mass is 19.4. The molecule has 5 N–H and O–H groups in total. The quantitative estimate of drug-likeness (QED) is 0.154. The van der Waals surface area contributed by atoms with E-state index >= 15 is 0 Å². The minimum absolute atomic E-state index is 0.188. The second kappa shape index (κ2) is 15.5. The van der Waals surface area contributed by atoms with Crippen LogP contribution in [0.15, 0.2) is 66.9 Å². The van der Waals surface area contributed by atoms with Gasteiger partial charge in [0.15, 0.2) is 0 Å². The average molecular weight is 556 g/mol. The zero-order valence-electron chi connectivity index (χ0n) is 22.4. The number of fused-ring (bicyclic) bond motifs is 1. The van der Waals surface area contributed by atoms with E-state index < -0.39 is 18.5 Å². The molecule has 0 aliphatic rings. The lowest BCUT2D eigenvalue weighted by molar-refractivity contribution is -0.135. The maximum atomic E-state index is 12.1. The van der Waals surface area contributed by atoms with Crippen LogP contribution in [0, 0.1) is 0 Å². The van der Waals surface area contributed by atoms with Crippen LogP contribution in [0.1, 0.15) is 73.2 Å². The number of carbonyl (C=O) groups excluding carboxylic acids is 1. The second-order valence-electron chi connectivity index (χ2n) is 9.55. The van der Waals surface area contributed by atoms with Crippen LogP contribution in [0.3, 0.4) is 0 Å². The number of nitrogen functional groups attached to an aromatic ring is 1. The molecule has 0 bridgehead atoms. The van der Waals surface area contributed by atoms with Crippen molar-refractivity contribution in [3.8, 4) is 5.75 Å². The van der Waals surface area contributed by atoms with Crippen LogP contribution in [-0.4, -0.2) is 33.6 Å². The fraction of sp³-hybridized carbons (Fsp3) is 0.367. The number of amides is 1. The molecule has 214 valence electrons. The summed E-state index contributed by atoms with van der Waals surface area (Å²) in [5.74, 6) is 1.41. The third-order valence-electron chi connectivity index (χ3n) is 6.14. The van der Waals surface area contributed by atoms with Crippen LogP contribution in [0.2, 0.25) is 0 Å². The zero-order valence-corrected chi connectivity index (χ0v) is 22.4. The smallest absolute Gasteiger partial charge is 0.389 e. The molecular formula is C30H36F3N5O2. The third kappa shape index (κ3) is 11.3. The first-order valence-corrected chi connectivity index (χ1v) is 13.4. The number of benzene rings is 2. The molecule has 2 heterocycles. The highest BCUT2D eigenvalue weighted by molar-refractivity contribution is 5.90. The molecule has 4 rings (SSSR count). The van der Waals surface area contributed by atoms with Crippen molar-refractivity contribution in [2.75, 3.05) is 12.3 Å². The summed E-state index contributed by atoms with van der Waals surface area (Å²) in [5.41, 5.74) is 13.0. The highest BCUT2D eigenvalue weighted by Crippen LogP contribution is 2.23. The molecule has 40 heavy (non-hydrogen) atoms. The summed E-state index contributed by atoms with van der Waals surface area (Å²) in [7, 11) is 0. The predicted octanol–water partition coefficient (Wildman–Crippen LogP) is 6.98. The number of para-hydroxylation sites is 1. The first-order chi connectivity index (χ1) is 19.2. The van der Waals surface area contributed by atoms with E-state index in [9.17, 15) is 18.0 Å². The van der Waals surface area contributed by atoms with E-state index in [1.807, 2.05) is 54.6 Å². The molecule has 10 heteroatoms. The Morgan fingerprint density at radius 2 is 1.62 bits per heavy atom. The summed E-state index contributed by atoms with van der Waals surface area (Å²) < 4.78 is 41.9. The number of carbonyl (C=O) groups is 1. The van der Waals surface area contributed by atoms with Gasteiger partial charge in [-0.05, 0) is 48.7 Å². The molecule has 2 aromatic carbocycles. The van der Waals surface area contributed by atoms with Crippen molar-refractivity contribution in [1.82, 2.24) is 15.0 Å². The Labute approximate surface area is 232 Å².